The molecule has 0 spiro atoms. The van der Waals surface area contributed by atoms with Crippen molar-refractivity contribution in [2.75, 3.05) is 104 Å². The Bertz CT molecular complexity index is 2720. The van der Waals surface area contributed by atoms with Gasteiger partial charge in [-0.15, -0.1) is 0 Å². The van der Waals surface area contributed by atoms with Gasteiger partial charge in [0.15, 0.2) is 0 Å². The summed E-state index contributed by atoms with van der Waals surface area (Å²) >= 11 is 0. The average Bonchev–Trinajstić information content (AvgIpc) is 3.94. The largest absolute Gasteiger partial charge is 0.394 e. The maximum atomic E-state index is 12.7. The number of sulfonamides is 2. The summed E-state index contributed by atoms with van der Waals surface area (Å²) in [5.74, 6) is 3.79. The number of nitrogens with zero attached hydrogens (tertiary/aromatic N) is 6. The van der Waals surface area contributed by atoms with Crippen LogP contribution in [-0.4, -0.2) is 145 Å². The molecule has 2 unspecified atom stereocenters. The Morgan fingerprint density at radius 1 is 0.681 bits per heavy atom. The van der Waals surface area contributed by atoms with E-state index in [-0.39, 0.29) is 50.3 Å². The number of piperidine rings is 2. The highest BCUT2D eigenvalue weighted by Gasteiger charge is 2.40. The number of aliphatic hydroxyl groups is 1. The van der Waals surface area contributed by atoms with Crippen LogP contribution in [0.15, 0.2) is 70.5 Å². The Labute approximate surface area is 432 Å². The number of hydrogen-bond donors (Lipinski definition) is 5. The normalized spacial score (nSPS) is 21.0. The Hall–Kier alpha value is -4.16. The van der Waals surface area contributed by atoms with E-state index < -0.39 is 41.6 Å². The smallest absolute Gasteiger partial charge is 0.227 e. The van der Waals surface area contributed by atoms with Crippen molar-refractivity contribution in [3.8, 4) is 0 Å². The van der Waals surface area contributed by atoms with Crippen molar-refractivity contribution in [1.29, 1.82) is 0 Å². The Morgan fingerprint density at radius 3 is 1.50 bits per heavy atom. The first kappa shape index (κ1) is 57.1. The topological polar surface area (TPSA) is 238 Å². The number of benzene rings is 2. The van der Waals surface area contributed by atoms with Crippen LogP contribution in [0.1, 0.15) is 89.7 Å². The van der Waals surface area contributed by atoms with E-state index in [9.17, 15) is 30.4 Å². The third kappa shape index (κ3) is 13.8. The maximum absolute atomic E-state index is 12.7. The number of aryl methyl sites for hydroxylation is 2. The fraction of sp³-hybridized carbons (Fsp3) is 0.600. The maximum Gasteiger partial charge on any atom is 0.227 e. The minimum Gasteiger partial charge on any atom is -0.394 e. The van der Waals surface area contributed by atoms with E-state index in [0.29, 0.717) is 92.0 Å². The van der Waals surface area contributed by atoms with E-state index in [4.69, 9.17) is 24.7 Å². The number of ether oxygens (including phenoxy) is 1. The molecule has 72 heavy (non-hydrogen) atoms. The molecule has 18 nitrogen and oxygen atoms in total. The minimum atomic E-state index is -3.32. The second-order valence-corrected chi connectivity index (χ2v) is 26.2. The number of anilines is 4. The zero-order valence-electron chi connectivity index (χ0n) is 40.6. The molecule has 7 heterocycles. The lowest BCUT2D eigenvalue weighted by Gasteiger charge is -2.42. The van der Waals surface area contributed by atoms with Crippen molar-refractivity contribution in [3.05, 3.63) is 83.2 Å². The molecule has 5 aliphatic heterocycles. The second-order valence-electron chi connectivity index (χ2n) is 19.6. The summed E-state index contributed by atoms with van der Waals surface area (Å²) < 4.78 is 83.9. The molecule has 3 fully saturated rings. The molecule has 0 radical (unpaired) electrons. The molecule has 2 aromatic carbocycles. The molecule has 5 N–H and O–H groups in total. The molecule has 2 aromatic heterocycles. The lowest BCUT2D eigenvalue weighted by atomic mass is 9.73. The van der Waals surface area contributed by atoms with Crippen LogP contribution in [0.2, 0.25) is 0 Å². The van der Waals surface area contributed by atoms with E-state index in [1.165, 1.54) is 12.5 Å². The third-order valence-corrected chi connectivity index (χ3v) is 18.6. The van der Waals surface area contributed by atoms with E-state index in [1.54, 1.807) is 0 Å². The molecule has 0 saturated carbocycles. The molecule has 0 aliphatic carbocycles. The average molecular weight is 1070 g/mol. The summed E-state index contributed by atoms with van der Waals surface area (Å²) in [7, 11) is -8.86. The standard InChI is InChI=1S/C24H33N5O4S2.C24H35N5O4S2.2CH4/c1-35(31,32)25-17-24(18-5-3-2-4-6-18)10-12-29(13-11-24)23-27-20-9-16-34(30)21(20)22(28-23)26-19-7-14-33-15-8-19;1-17(2)20(15-30)26-22-21-19(9-14-34(21)31)27-23(28-22)29-12-10-24(11-13-29,16-25-35(3,32)33)18-7-5-4-6-8-18;;/h2-6,19,25H,7-17H2,1H3,(H,26,27,28);4-8,17,20,25,30H,9-16H2,1-3H3,(H,26,27,28);2*1H4/t;20-,34?;;/m.0../s1. The second kappa shape index (κ2) is 24.5. The first-order valence-corrected chi connectivity index (χ1v) is 30.7. The lowest BCUT2D eigenvalue weighted by molar-refractivity contribution is 0.0903. The summed E-state index contributed by atoms with van der Waals surface area (Å²) in [6.45, 7) is 8.87. The number of aromatic nitrogens is 4. The summed E-state index contributed by atoms with van der Waals surface area (Å²) in [6.07, 6.45) is 8.54. The molecule has 0 amide bonds. The summed E-state index contributed by atoms with van der Waals surface area (Å²) in [5.41, 5.74) is 3.33. The molecular formula is C50H76N10O8S4. The van der Waals surface area contributed by atoms with Gasteiger partial charge in [-0.2, -0.15) is 9.97 Å². The molecule has 3 atom stereocenters. The molecule has 22 heteroatoms. The predicted molar refractivity (Wildman–Crippen MR) is 289 cm³/mol. The van der Waals surface area contributed by atoms with Crippen molar-refractivity contribution in [1.82, 2.24) is 29.4 Å². The number of nitrogens with one attached hydrogen (secondary N) is 4. The first-order valence-electron chi connectivity index (χ1n) is 24.3. The van der Waals surface area contributed by atoms with Crippen molar-refractivity contribution >= 4 is 65.2 Å². The van der Waals surface area contributed by atoms with Crippen LogP contribution < -0.4 is 29.9 Å². The van der Waals surface area contributed by atoms with E-state index in [0.717, 1.165) is 79.1 Å². The molecule has 3 saturated heterocycles. The van der Waals surface area contributed by atoms with Gasteiger partial charge in [-0.05, 0) is 55.6 Å². The highest BCUT2D eigenvalue weighted by atomic mass is 32.2. The van der Waals surface area contributed by atoms with E-state index in [2.05, 4.69) is 54.1 Å². The van der Waals surface area contributed by atoms with Crippen LogP contribution in [-0.2, 0) is 70.1 Å². The molecule has 398 valence electrons. The van der Waals surface area contributed by atoms with Gasteiger partial charge in [0.25, 0.3) is 0 Å². The Kier molecular flexibility index (Phi) is 19.4. The lowest BCUT2D eigenvalue weighted by Crippen LogP contribution is -2.49. The summed E-state index contributed by atoms with van der Waals surface area (Å²) in [6, 6.07) is 20.2. The quantitative estimate of drug-likeness (QED) is 0.102. The molecule has 9 rings (SSSR count). The zero-order valence-corrected chi connectivity index (χ0v) is 43.8. The van der Waals surface area contributed by atoms with Gasteiger partial charge in [-0.1, -0.05) is 89.4 Å². The highest BCUT2D eigenvalue weighted by molar-refractivity contribution is 7.89. The van der Waals surface area contributed by atoms with Crippen molar-refractivity contribution in [2.45, 2.75) is 113 Å². The van der Waals surface area contributed by atoms with E-state index >= 15 is 0 Å². The summed E-state index contributed by atoms with van der Waals surface area (Å²) in [5, 5.41) is 16.7. The fourth-order valence-corrected chi connectivity index (χ4v) is 13.7. The van der Waals surface area contributed by atoms with Gasteiger partial charge < -0.3 is 30.3 Å². The van der Waals surface area contributed by atoms with Crippen molar-refractivity contribution in [2.24, 2.45) is 5.92 Å². The Balaban J connectivity index is 0.000000229. The molecule has 0 bridgehead atoms. The van der Waals surface area contributed by atoms with Crippen LogP contribution in [0, 0.1) is 5.92 Å². The number of fused-ring (bicyclic) bond motifs is 2. The van der Waals surface area contributed by atoms with E-state index in [1.807, 2.05) is 50.2 Å². The van der Waals surface area contributed by atoms with Gasteiger partial charge >= 0.3 is 0 Å². The van der Waals surface area contributed by atoms with Crippen LogP contribution in [0.5, 0.6) is 0 Å². The predicted octanol–water partition coefficient (Wildman–Crippen LogP) is 4.75. The van der Waals surface area contributed by atoms with Crippen LogP contribution in [0.4, 0.5) is 23.5 Å². The van der Waals surface area contributed by atoms with Gasteiger partial charge in [0, 0.05) is 93.7 Å². The van der Waals surface area contributed by atoms with Crippen LogP contribution in [0.3, 0.4) is 0 Å². The van der Waals surface area contributed by atoms with Crippen molar-refractivity contribution in [3.63, 3.8) is 0 Å². The van der Waals surface area contributed by atoms with Gasteiger partial charge in [0.2, 0.25) is 31.9 Å². The van der Waals surface area contributed by atoms with Crippen molar-refractivity contribution < 1.29 is 35.1 Å². The molecular weight excluding hydrogens is 997 g/mol. The van der Waals surface area contributed by atoms with Crippen LogP contribution in [0.25, 0.3) is 0 Å². The number of hydrogen-bond acceptors (Lipinski definition) is 16. The van der Waals surface area contributed by atoms with Gasteiger partial charge in [0.05, 0.1) is 58.1 Å². The molecule has 5 aliphatic rings. The zero-order chi connectivity index (χ0) is 49.7. The van der Waals surface area contributed by atoms with Gasteiger partial charge in [-0.3, -0.25) is 8.42 Å². The SMILES string of the molecule is C.C.CC(C)[C@H](CO)Nc1nc(N2CCC(CNS(C)(=O)=O)(c3ccccc3)CC2)nc2c1S(=O)CC2.CS(=O)(=O)NCC1(c2ccccc2)CCN(c2nc3c(c(NC4CCOCC4)n2)S(=O)CC3)CC1. The van der Waals surface area contributed by atoms with Gasteiger partial charge in [-0.25, -0.2) is 36.2 Å². The highest BCUT2D eigenvalue weighted by Crippen LogP contribution is 2.40. The van der Waals surface area contributed by atoms with Gasteiger partial charge in [0.1, 0.15) is 21.4 Å². The first-order chi connectivity index (χ1) is 33.4. The molecule has 4 aromatic rings. The fourth-order valence-electron chi connectivity index (χ4n) is 10.0. The van der Waals surface area contributed by atoms with Crippen LogP contribution >= 0.6 is 0 Å². The third-order valence-electron chi connectivity index (χ3n) is 14.4. The monoisotopic (exact) mass is 1070 g/mol. The number of rotatable bonds is 16. The summed E-state index contributed by atoms with van der Waals surface area (Å²) in [4.78, 5) is 25.0. The number of aliphatic hydroxyl groups excluding tert-OH is 1. The minimum absolute atomic E-state index is 0. The Morgan fingerprint density at radius 2 is 1.10 bits per heavy atom.